The summed E-state index contributed by atoms with van der Waals surface area (Å²) in [7, 11) is 0. The summed E-state index contributed by atoms with van der Waals surface area (Å²) in [6.07, 6.45) is 0. The maximum Gasteiger partial charge on any atom is 0.238 e. The van der Waals surface area contributed by atoms with E-state index in [0.717, 1.165) is 55.5 Å². The molecular weight excluding hydrogens is 697 g/mol. The quantitative estimate of drug-likeness (QED) is 0.177. The van der Waals surface area contributed by atoms with Crippen molar-refractivity contribution in [3.63, 3.8) is 0 Å². The van der Waals surface area contributed by atoms with Gasteiger partial charge in [0.05, 0.1) is 33.1 Å². The van der Waals surface area contributed by atoms with E-state index < -0.39 is 0 Å². The first-order valence-corrected chi connectivity index (χ1v) is 19.2. The zero-order chi connectivity index (χ0) is 37.5. The highest BCUT2D eigenvalue weighted by molar-refractivity contribution is 6.28. The number of hydrogen-bond donors (Lipinski definition) is 0. The van der Waals surface area contributed by atoms with E-state index in [1.165, 1.54) is 32.4 Å². The topological polar surface area (TPSA) is 53.5 Å². The second kappa shape index (κ2) is 12.3. The Bertz CT molecular complexity index is 3470. The Morgan fingerprint density at radius 2 is 0.702 bits per heavy atom. The Morgan fingerprint density at radius 3 is 1.32 bits per heavy atom. The zero-order valence-corrected chi connectivity index (χ0v) is 30.7. The lowest BCUT2D eigenvalue weighted by molar-refractivity contribution is 0.953. The highest BCUT2D eigenvalue weighted by atomic mass is 15.2. The summed E-state index contributed by atoms with van der Waals surface area (Å²) in [6.45, 7) is 0. The van der Waals surface area contributed by atoms with E-state index >= 15 is 0 Å². The van der Waals surface area contributed by atoms with Gasteiger partial charge in [0.1, 0.15) is 0 Å². The minimum Gasteiger partial charge on any atom is -0.309 e. The number of nitrogens with zero attached hydrogens (tertiary/aromatic N) is 6. The van der Waals surface area contributed by atoms with Crippen molar-refractivity contribution in [2.24, 2.45) is 0 Å². The van der Waals surface area contributed by atoms with E-state index in [9.17, 15) is 0 Å². The molecular formula is C51H32N6. The Balaban J connectivity index is 1.13. The largest absolute Gasteiger partial charge is 0.309 e. The summed E-state index contributed by atoms with van der Waals surface area (Å²) in [4.78, 5) is 15.8. The second-order valence-corrected chi connectivity index (χ2v) is 14.5. The van der Waals surface area contributed by atoms with Gasteiger partial charge >= 0.3 is 0 Å². The SMILES string of the molecule is c1ccc(-c2nc(-c3cccc(-n4c5ccccc5c5ccccc54)c3)nc(-n3c4ccccc4c4c5c6ccccc6n(-c6ccccc6)c5ccc43)n2)cc1. The molecule has 266 valence electrons. The van der Waals surface area contributed by atoms with Crippen LogP contribution in [0.15, 0.2) is 194 Å². The lowest BCUT2D eigenvalue weighted by Gasteiger charge is -2.13. The van der Waals surface area contributed by atoms with Gasteiger partial charge < -0.3 is 9.13 Å². The van der Waals surface area contributed by atoms with Gasteiger partial charge in [-0.3, -0.25) is 4.57 Å². The highest BCUT2D eigenvalue weighted by Crippen LogP contribution is 2.42. The van der Waals surface area contributed by atoms with Crippen LogP contribution >= 0.6 is 0 Å². The standard InChI is InChI=1S/C51H32N6/c1-3-16-33(17-4-1)49-52-50(34-18-15-21-36(32-34)56-41-26-11-7-22-37(41)38-23-8-12-27-42(38)56)54-51(53-49)57-44-29-14-10-25-40(44)48-46(57)31-30-45-47(48)39-24-9-13-28-43(39)55(45)35-19-5-2-6-20-35/h1-32H. The minimum absolute atomic E-state index is 0.568. The molecule has 0 aliphatic heterocycles. The summed E-state index contributed by atoms with van der Waals surface area (Å²) < 4.78 is 6.92. The van der Waals surface area contributed by atoms with Crippen molar-refractivity contribution in [1.82, 2.24) is 28.7 Å². The predicted octanol–water partition coefficient (Wildman–Crippen LogP) is 12.5. The third-order valence-electron chi connectivity index (χ3n) is 11.3. The molecule has 4 aromatic heterocycles. The first kappa shape index (κ1) is 31.5. The van der Waals surface area contributed by atoms with Crippen LogP contribution in [0.4, 0.5) is 0 Å². The summed E-state index contributed by atoms with van der Waals surface area (Å²) in [5.41, 5.74) is 10.7. The van der Waals surface area contributed by atoms with Crippen LogP contribution in [0, 0.1) is 0 Å². The minimum atomic E-state index is 0.568. The van der Waals surface area contributed by atoms with Gasteiger partial charge in [0.15, 0.2) is 11.6 Å². The summed E-state index contributed by atoms with van der Waals surface area (Å²) in [6, 6.07) is 68.3. The maximum atomic E-state index is 5.34. The van der Waals surface area contributed by atoms with Gasteiger partial charge in [-0.25, -0.2) is 4.98 Å². The van der Waals surface area contributed by atoms with E-state index in [4.69, 9.17) is 15.0 Å². The third kappa shape index (κ3) is 4.74. The molecule has 0 saturated carbocycles. The van der Waals surface area contributed by atoms with Crippen LogP contribution in [0.1, 0.15) is 0 Å². The van der Waals surface area contributed by atoms with Crippen LogP contribution in [-0.4, -0.2) is 28.7 Å². The summed E-state index contributed by atoms with van der Waals surface area (Å²) in [5, 5.41) is 7.17. The fraction of sp³-hybridized carbons (Fsp3) is 0. The Hall–Kier alpha value is -7.83. The molecule has 0 fully saturated rings. The van der Waals surface area contributed by atoms with Crippen molar-refractivity contribution in [2.45, 2.75) is 0 Å². The molecule has 0 saturated heterocycles. The van der Waals surface area contributed by atoms with Crippen molar-refractivity contribution in [1.29, 1.82) is 0 Å². The monoisotopic (exact) mass is 728 g/mol. The first-order chi connectivity index (χ1) is 28.3. The number of aromatic nitrogens is 6. The molecule has 0 spiro atoms. The van der Waals surface area contributed by atoms with Gasteiger partial charge in [-0.05, 0) is 60.7 Å². The number of para-hydroxylation sites is 5. The lowest BCUT2D eigenvalue weighted by atomic mass is 10.1. The van der Waals surface area contributed by atoms with Gasteiger partial charge in [0.2, 0.25) is 5.95 Å². The average Bonchev–Trinajstić information content (AvgIpc) is 3.93. The predicted molar refractivity (Wildman–Crippen MR) is 234 cm³/mol. The average molecular weight is 729 g/mol. The summed E-state index contributed by atoms with van der Waals surface area (Å²) in [5.74, 6) is 1.79. The number of hydrogen-bond acceptors (Lipinski definition) is 3. The van der Waals surface area contributed by atoms with Crippen LogP contribution in [-0.2, 0) is 0 Å². The van der Waals surface area contributed by atoms with Crippen molar-refractivity contribution in [3.8, 4) is 40.1 Å². The van der Waals surface area contributed by atoms with Gasteiger partial charge in [-0.2, -0.15) is 9.97 Å². The first-order valence-electron chi connectivity index (χ1n) is 19.2. The number of fused-ring (bicyclic) bond motifs is 10. The Morgan fingerprint density at radius 1 is 0.281 bits per heavy atom. The normalized spacial score (nSPS) is 11.9. The van der Waals surface area contributed by atoms with Crippen molar-refractivity contribution >= 4 is 65.4 Å². The molecule has 6 nitrogen and oxygen atoms in total. The molecule has 57 heavy (non-hydrogen) atoms. The molecule has 0 atom stereocenters. The lowest BCUT2D eigenvalue weighted by Crippen LogP contribution is -2.06. The molecule has 0 amide bonds. The maximum absolute atomic E-state index is 5.34. The van der Waals surface area contributed by atoms with Crippen molar-refractivity contribution in [3.05, 3.63) is 194 Å². The van der Waals surface area contributed by atoms with Crippen LogP contribution in [0.25, 0.3) is 106 Å². The molecule has 0 unspecified atom stereocenters. The fourth-order valence-corrected chi connectivity index (χ4v) is 8.88. The van der Waals surface area contributed by atoms with E-state index in [1.54, 1.807) is 0 Å². The van der Waals surface area contributed by atoms with Crippen LogP contribution in [0.3, 0.4) is 0 Å². The van der Waals surface area contributed by atoms with Crippen molar-refractivity contribution in [2.75, 3.05) is 0 Å². The van der Waals surface area contributed by atoms with Gasteiger partial charge in [-0.15, -0.1) is 0 Å². The third-order valence-corrected chi connectivity index (χ3v) is 11.3. The molecule has 12 aromatic rings. The molecule has 0 aliphatic carbocycles. The van der Waals surface area contributed by atoms with E-state index in [-0.39, 0.29) is 0 Å². The van der Waals surface area contributed by atoms with Crippen molar-refractivity contribution < 1.29 is 0 Å². The zero-order valence-electron chi connectivity index (χ0n) is 30.7. The molecule has 6 heteroatoms. The Kier molecular flexibility index (Phi) is 6.83. The second-order valence-electron chi connectivity index (χ2n) is 14.5. The van der Waals surface area contributed by atoms with Gasteiger partial charge in [0.25, 0.3) is 0 Å². The molecule has 0 bridgehead atoms. The van der Waals surface area contributed by atoms with Crippen LogP contribution in [0.5, 0.6) is 0 Å². The Labute approximate surface area is 327 Å². The van der Waals surface area contributed by atoms with Crippen LogP contribution in [0.2, 0.25) is 0 Å². The molecule has 0 aliphatic rings. The molecule has 8 aromatic carbocycles. The molecule has 12 rings (SSSR count). The summed E-state index contributed by atoms with van der Waals surface area (Å²) >= 11 is 0. The van der Waals surface area contributed by atoms with E-state index in [1.807, 2.05) is 18.2 Å². The molecule has 4 heterocycles. The van der Waals surface area contributed by atoms with Gasteiger partial charge in [-0.1, -0.05) is 133 Å². The van der Waals surface area contributed by atoms with Crippen LogP contribution < -0.4 is 0 Å². The fourth-order valence-electron chi connectivity index (χ4n) is 8.88. The highest BCUT2D eigenvalue weighted by Gasteiger charge is 2.23. The number of rotatable bonds is 5. The number of benzene rings is 8. The van der Waals surface area contributed by atoms with Gasteiger partial charge in [0, 0.05) is 54.8 Å². The molecule has 0 N–H and O–H groups in total. The van der Waals surface area contributed by atoms with E-state index in [2.05, 4.69) is 190 Å². The molecule has 0 radical (unpaired) electrons. The smallest absolute Gasteiger partial charge is 0.238 e. The van der Waals surface area contributed by atoms with E-state index in [0.29, 0.717) is 17.6 Å².